The minimum atomic E-state index is -2.24. The lowest BCUT2D eigenvalue weighted by Crippen LogP contribution is -2.78. The van der Waals surface area contributed by atoms with Crippen molar-refractivity contribution in [2.75, 3.05) is 13.2 Å². The molecule has 2 saturated carbocycles. The second-order valence-electron chi connectivity index (χ2n) is 19.3. The van der Waals surface area contributed by atoms with Gasteiger partial charge in [-0.05, 0) is 94.5 Å². The molecule has 0 aromatic carbocycles. The van der Waals surface area contributed by atoms with Crippen molar-refractivity contribution in [2.24, 2.45) is 46.3 Å². The lowest BCUT2D eigenvalue weighted by molar-refractivity contribution is -0.340. The Hall–Kier alpha value is -4.10. The molecule has 0 aromatic rings. The molecule has 0 amide bonds. The SMILES string of the molecule is CC/C=C\C/C=C\C/C=C\C/C=C\C/C=C\C/C=C\CCCOC(=O)O[C@@H]1C(=O)C=C(C)[C@@H]2C[C@H]3OC(=O)C(OC(=O)CC(O)(C(C)C)C(C)C)C4C(C)[C@@H](O)[C@]5(O)OC[C@@]43C5C12C. The summed E-state index contributed by atoms with van der Waals surface area (Å²) in [6, 6.07) is 0. The van der Waals surface area contributed by atoms with Crippen LogP contribution in [-0.2, 0) is 38.1 Å². The zero-order valence-corrected chi connectivity index (χ0v) is 39.3. The molecule has 5 rings (SSSR count). The Labute approximate surface area is 380 Å². The van der Waals surface area contributed by atoms with Crippen molar-refractivity contribution in [3.63, 3.8) is 0 Å². The summed E-state index contributed by atoms with van der Waals surface area (Å²) in [5, 5.41) is 35.8. The highest BCUT2D eigenvalue weighted by Crippen LogP contribution is 2.74. The molecule has 2 aliphatic heterocycles. The van der Waals surface area contributed by atoms with E-state index in [9.17, 15) is 34.5 Å². The third-order valence-electron chi connectivity index (χ3n) is 14.8. The maximum atomic E-state index is 14.0. The molecule has 12 nitrogen and oxygen atoms in total. The molecule has 2 saturated heterocycles. The first-order valence-corrected chi connectivity index (χ1v) is 23.5. The molecule has 12 heteroatoms. The predicted octanol–water partition coefficient (Wildman–Crippen LogP) is 8.76. The summed E-state index contributed by atoms with van der Waals surface area (Å²) >= 11 is 0. The summed E-state index contributed by atoms with van der Waals surface area (Å²) in [5.74, 6) is -8.39. The van der Waals surface area contributed by atoms with Gasteiger partial charge in [0.25, 0.3) is 0 Å². The maximum Gasteiger partial charge on any atom is 0.509 e. The number of carbonyl (C=O) groups excluding carboxylic acids is 4. The number of ether oxygens (including phenoxy) is 5. The summed E-state index contributed by atoms with van der Waals surface area (Å²) in [6.45, 7) is 14.4. The molecule has 11 atom stereocenters. The molecule has 0 radical (unpaired) electrons. The summed E-state index contributed by atoms with van der Waals surface area (Å²) in [5.41, 5.74) is -3.41. The van der Waals surface area contributed by atoms with E-state index in [1.807, 2.05) is 6.08 Å². The normalized spacial score (nSPS) is 33.9. The van der Waals surface area contributed by atoms with Crippen LogP contribution in [-0.4, -0.2) is 88.2 Å². The Morgan fingerprint density at radius 1 is 0.891 bits per heavy atom. The zero-order chi connectivity index (χ0) is 46.9. The summed E-state index contributed by atoms with van der Waals surface area (Å²) in [4.78, 5) is 54.9. The molecular formula is C52H74O12. The lowest BCUT2D eigenvalue weighted by atomic mass is 9.38. The van der Waals surface area contributed by atoms with E-state index in [0.29, 0.717) is 18.4 Å². The number of esters is 2. The van der Waals surface area contributed by atoms with Crippen LogP contribution in [0, 0.1) is 46.3 Å². The summed E-state index contributed by atoms with van der Waals surface area (Å²) < 4.78 is 29.7. The Bertz CT molecular complexity index is 1860. The highest BCUT2D eigenvalue weighted by atomic mass is 16.7. The third kappa shape index (κ3) is 10.3. The van der Waals surface area contributed by atoms with Crippen LogP contribution in [0.25, 0.3) is 0 Å². The van der Waals surface area contributed by atoms with Gasteiger partial charge in [0.1, 0.15) is 12.2 Å². The van der Waals surface area contributed by atoms with E-state index >= 15 is 0 Å². The molecule has 5 unspecified atom stereocenters. The Morgan fingerprint density at radius 2 is 1.44 bits per heavy atom. The van der Waals surface area contributed by atoms with Crippen molar-refractivity contribution < 1.29 is 58.2 Å². The molecule has 4 fully saturated rings. The van der Waals surface area contributed by atoms with E-state index in [1.54, 1.807) is 48.5 Å². The number of hydrogen-bond acceptors (Lipinski definition) is 12. The number of carbonyl (C=O) groups is 4. The van der Waals surface area contributed by atoms with Crippen LogP contribution in [0.4, 0.5) is 4.79 Å². The average Bonchev–Trinajstić information content (AvgIpc) is 3.53. The van der Waals surface area contributed by atoms with Crippen LogP contribution >= 0.6 is 0 Å². The van der Waals surface area contributed by atoms with Gasteiger partial charge in [0, 0.05) is 22.7 Å². The largest absolute Gasteiger partial charge is 0.509 e. The van der Waals surface area contributed by atoms with Gasteiger partial charge in [-0.15, -0.1) is 0 Å². The van der Waals surface area contributed by atoms with Gasteiger partial charge in [-0.2, -0.15) is 0 Å². The second-order valence-corrected chi connectivity index (χ2v) is 19.3. The minimum Gasteiger partial charge on any atom is -0.459 e. The molecule has 3 N–H and O–H groups in total. The Morgan fingerprint density at radius 3 is 1.98 bits per heavy atom. The number of fused-ring (bicyclic) bond motifs is 1. The number of allylic oxidation sites excluding steroid dienone is 13. The first-order valence-electron chi connectivity index (χ1n) is 23.5. The van der Waals surface area contributed by atoms with Crippen LogP contribution in [0.15, 0.2) is 84.6 Å². The van der Waals surface area contributed by atoms with Gasteiger partial charge in [-0.1, -0.05) is 127 Å². The predicted molar refractivity (Wildman–Crippen MR) is 243 cm³/mol. The van der Waals surface area contributed by atoms with Gasteiger partial charge in [-0.3, -0.25) is 9.59 Å². The molecule has 354 valence electrons. The van der Waals surface area contributed by atoms with E-state index in [-0.39, 0.29) is 37.9 Å². The number of aliphatic hydroxyl groups is 3. The van der Waals surface area contributed by atoms with Crippen LogP contribution in [0.1, 0.15) is 120 Å². The fraction of sp³-hybridized carbons (Fsp3) is 0.654. The number of aliphatic hydroxyl groups excluding tert-OH is 1. The van der Waals surface area contributed by atoms with Gasteiger partial charge in [0.15, 0.2) is 17.7 Å². The topological polar surface area (TPSA) is 175 Å². The average molecular weight is 891 g/mol. The minimum absolute atomic E-state index is 0.0489. The molecule has 2 bridgehead atoms. The van der Waals surface area contributed by atoms with Crippen molar-refractivity contribution in [3.05, 3.63) is 84.6 Å². The Kier molecular flexibility index (Phi) is 17.4. The van der Waals surface area contributed by atoms with Crippen LogP contribution in [0.3, 0.4) is 0 Å². The van der Waals surface area contributed by atoms with Crippen molar-refractivity contribution in [3.8, 4) is 0 Å². The van der Waals surface area contributed by atoms with Crippen LogP contribution in [0.5, 0.6) is 0 Å². The van der Waals surface area contributed by atoms with E-state index in [2.05, 4.69) is 73.8 Å². The standard InChI is InChI=1S/C52H74O12/c1-9-10-11-12-13-14-15-16-17-18-19-20-21-22-23-24-25-26-27-28-29-60-48(57)64-45-39(53)30-36(6)38-31-40-50-33-61-52(59,47(50)49(38,45)8)44(55)37(7)42(50)43(46(56)62-40)63-41(54)32-51(58,34(2)3)35(4)5/h10-11,13-14,16-17,19-20,22-23,25-26,30,34-35,37-38,40,42-45,47,55,58-59H,9,12,15,18,21,24,27-29,31-33H2,1-8H3/b11-10-,14-13-,17-16-,20-19-,23-22-,26-25-/t37?,38-,40+,42?,43?,44+,45+,47?,49?,50-,52-/m0/s1. The van der Waals surface area contributed by atoms with E-state index in [4.69, 9.17) is 23.7 Å². The van der Waals surface area contributed by atoms with Gasteiger partial charge in [-0.25, -0.2) is 9.59 Å². The summed E-state index contributed by atoms with van der Waals surface area (Å²) in [6.07, 6.45) is 27.2. The lowest BCUT2D eigenvalue weighted by Gasteiger charge is -2.68. The van der Waals surface area contributed by atoms with Crippen LogP contribution < -0.4 is 0 Å². The van der Waals surface area contributed by atoms with Gasteiger partial charge < -0.3 is 39.0 Å². The highest BCUT2D eigenvalue weighted by molar-refractivity contribution is 5.97. The van der Waals surface area contributed by atoms with E-state index < -0.39 is 94.2 Å². The Balaban J connectivity index is 1.19. The smallest absolute Gasteiger partial charge is 0.459 e. The van der Waals surface area contributed by atoms with E-state index in [1.165, 1.54) is 6.08 Å². The highest BCUT2D eigenvalue weighted by Gasteiger charge is 2.84. The number of ketones is 1. The molecule has 3 aliphatic carbocycles. The number of hydrogen-bond donors (Lipinski definition) is 3. The first kappa shape index (κ1) is 50.9. The third-order valence-corrected chi connectivity index (χ3v) is 14.8. The maximum absolute atomic E-state index is 14.0. The molecule has 5 aliphatic rings. The molecule has 1 spiro atoms. The zero-order valence-electron chi connectivity index (χ0n) is 39.3. The quantitative estimate of drug-likeness (QED) is 0.0433. The monoisotopic (exact) mass is 891 g/mol. The second kappa shape index (κ2) is 21.9. The van der Waals surface area contributed by atoms with Crippen molar-refractivity contribution >= 4 is 23.9 Å². The fourth-order valence-corrected chi connectivity index (χ4v) is 11.5. The van der Waals surface area contributed by atoms with Gasteiger partial charge >= 0.3 is 18.1 Å². The summed E-state index contributed by atoms with van der Waals surface area (Å²) in [7, 11) is 0. The van der Waals surface area contributed by atoms with Crippen molar-refractivity contribution in [2.45, 2.75) is 155 Å². The number of unbranched alkanes of at least 4 members (excludes halogenated alkanes) is 1. The molecule has 2 heterocycles. The van der Waals surface area contributed by atoms with E-state index in [0.717, 1.165) is 38.5 Å². The molecular weight excluding hydrogens is 817 g/mol. The fourth-order valence-electron chi connectivity index (χ4n) is 11.5. The molecule has 64 heavy (non-hydrogen) atoms. The first-order chi connectivity index (χ1) is 30.4. The van der Waals surface area contributed by atoms with Crippen molar-refractivity contribution in [1.29, 1.82) is 0 Å². The molecule has 0 aromatic heterocycles. The van der Waals surface area contributed by atoms with Gasteiger partial charge in [0.05, 0.1) is 25.2 Å². The number of rotatable bonds is 21. The van der Waals surface area contributed by atoms with Crippen LogP contribution in [0.2, 0.25) is 0 Å². The van der Waals surface area contributed by atoms with Gasteiger partial charge in [0.2, 0.25) is 6.10 Å². The van der Waals surface area contributed by atoms with Crippen molar-refractivity contribution in [1.82, 2.24) is 0 Å².